The molecule has 4 heteroatoms. The molecule has 0 aliphatic carbocycles. The molecule has 0 spiro atoms. The van der Waals surface area contributed by atoms with Crippen LogP contribution in [0.25, 0.3) is 0 Å². The number of hydrogen-bond acceptors (Lipinski definition) is 3. The van der Waals surface area contributed by atoms with E-state index in [1.54, 1.807) is 0 Å². The van der Waals surface area contributed by atoms with Crippen molar-refractivity contribution >= 4 is 17.7 Å². The third-order valence-corrected chi connectivity index (χ3v) is 3.10. The van der Waals surface area contributed by atoms with Gasteiger partial charge in [-0.05, 0) is 6.42 Å². The zero-order valence-corrected chi connectivity index (χ0v) is 8.78. The Morgan fingerprint density at radius 1 is 1.50 bits per heavy atom. The van der Waals surface area contributed by atoms with Crippen LogP contribution in [0.2, 0.25) is 0 Å². The van der Waals surface area contributed by atoms with Gasteiger partial charge in [0.1, 0.15) is 0 Å². The van der Waals surface area contributed by atoms with Crippen LogP contribution in [-0.2, 0) is 4.79 Å². The Labute approximate surface area is 78.4 Å². The van der Waals surface area contributed by atoms with Crippen LogP contribution in [0.15, 0.2) is 0 Å². The van der Waals surface area contributed by atoms with Crippen molar-refractivity contribution in [3.05, 3.63) is 0 Å². The molecule has 0 rings (SSSR count). The van der Waals surface area contributed by atoms with Gasteiger partial charge in [-0.15, -0.1) is 0 Å². The smallest absolute Gasteiger partial charge is 0.234 e. The van der Waals surface area contributed by atoms with E-state index in [2.05, 4.69) is 19.3 Å². The van der Waals surface area contributed by atoms with Crippen molar-refractivity contribution in [1.82, 2.24) is 5.43 Å². The summed E-state index contributed by atoms with van der Waals surface area (Å²) in [6.07, 6.45) is 1.64. The molecule has 0 aromatic heterocycles. The van der Waals surface area contributed by atoms with Gasteiger partial charge in [-0.2, -0.15) is 11.8 Å². The maximum Gasteiger partial charge on any atom is 0.234 e. The monoisotopic (exact) mass is 190 g/mol. The van der Waals surface area contributed by atoms with Gasteiger partial charge in [0.2, 0.25) is 5.91 Å². The highest BCUT2D eigenvalue weighted by atomic mass is 32.2. The first-order valence-electron chi connectivity index (χ1n) is 4.25. The molecule has 12 heavy (non-hydrogen) atoms. The highest BCUT2D eigenvalue weighted by Crippen LogP contribution is 2.21. The summed E-state index contributed by atoms with van der Waals surface area (Å²) in [5.41, 5.74) is 2.13. The molecular formula is C8H18N2OS. The molecule has 2 unspecified atom stereocenters. The minimum atomic E-state index is -0.0849. The van der Waals surface area contributed by atoms with Gasteiger partial charge in [0.25, 0.3) is 0 Å². The number of nitrogens with one attached hydrogen (secondary N) is 1. The van der Waals surface area contributed by atoms with Crippen molar-refractivity contribution in [3.63, 3.8) is 0 Å². The topological polar surface area (TPSA) is 55.1 Å². The van der Waals surface area contributed by atoms with E-state index in [1.807, 2.05) is 18.7 Å². The molecule has 2 atom stereocenters. The summed E-state index contributed by atoms with van der Waals surface area (Å²) >= 11 is 1.83. The van der Waals surface area contributed by atoms with Gasteiger partial charge in [-0.1, -0.05) is 20.8 Å². The van der Waals surface area contributed by atoms with Crippen LogP contribution in [0.4, 0.5) is 0 Å². The van der Waals surface area contributed by atoms with Gasteiger partial charge < -0.3 is 0 Å². The SMILES string of the molecule is CCC(C)SC(C)CC(=O)NN. The summed E-state index contributed by atoms with van der Waals surface area (Å²) in [5, 5.41) is 0.967. The minimum absolute atomic E-state index is 0.0849. The summed E-state index contributed by atoms with van der Waals surface area (Å²) in [7, 11) is 0. The van der Waals surface area contributed by atoms with E-state index in [4.69, 9.17) is 5.84 Å². The Morgan fingerprint density at radius 2 is 2.08 bits per heavy atom. The van der Waals surface area contributed by atoms with Crippen LogP contribution in [0.5, 0.6) is 0 Å². The van der Waals surface area contributed by atoms with Gasteiger partial charge in [0, 0.05) is 16.9 Å². The zero-order chi connectivity index (χ0) is 9.56. The molecule has 3 N–H and O–H groups in total. The first-order valence-corrected chi connectivity index (χ1v) is 5.19. The molecule has 0 aliphatic rings. The first-order chi connectivity index (χ1) is 5.60. The fourth-order valence-corrected chi connectivity index (χ4v) is 2.09. The molecule has 0 heterocycles. The van der Waals surface area contributed by atoms with Gasteiger partial charge >= 0.3 is 0 Å². The van der Waals surface area contributed by atoms with Crippen LogP contribution in [0, 0.1) is 0 Å². The van der Waals surface area contributed by atoms with Gasteiger partial charge in [0.15, 0.2) is 0 Å². The predicted octanol–water partition coefficient (Wildman–Crippen LogP) is 1.29. The van der Waals surface area contributed by atoms with Crippen LogP contribution < -0.4 is 11.3 Å². The Morgan fingerprint density at radius 3 is 2.50 bits per heavy atom. The lowest BCUT2D eigenvalue weighted by Gasteiger charge is -2.14. The average Bonchev–Trinajstić information content (AvgIpc) is 2.03. The Bertz CT molecular complexity index is 141. The molecule has 3 nitrogen and oxygen atoms in total. The van der Waals surface area contributed by atoms with E-state index >= 15 is 0 Å². The fourth-order valence-electron chi connectivity index (χ4n) is 0.861. The van der Waals surface area contributed by atoms with Crippen LogP contribution in [-0.4, -0.2) is 16.4 Å². The van der Waals surface area contributed by atoms with Crippen molar-refractivity contribution in [2.45, 2.75) is 44.1 Å². The van der Waals surface area contributed by atoms with E-state index < -0.39 is 0 Å². The molecule has 0 saturated carbocycles. The second-order valence-corrected chi connectivity index (χ2v) is 4.82. The standard InChI is InChI=1S/C8H18N2OS/c1-4-6(2)12-7(3)5-8(11)10-9/h6-7H,4-5,9H2,1-3H3,(H,10,11). The van der Waals surface area contributed by atoms with Crippen molar-refractivity contribution in [1.29, 1.82) is 0 Å². The normalized spacial score (nSPS) is 15.3. The summed E-state index contributed by atoms with van der Waals surface area (Å²) in [6, 6.07) is 0. The quantitative estimate of drug-likeness (QED) is 0.390. The van der Waals surface area contributed by atoms with Gasteiger partial charge in [0.05, 0.1) is 0 Å². The van der Waals surface area contributed by atoms with E-state index in [0.717, 1.165) is 6.42 Å². The van der Waals surface area contributed by atoms with Crippen LogP contribution >= 0.6 is 11.8 Å². The maximum absolute atomic E-state index is 10.8. The van der Waals surface area contributed by atoms with Gasteiger partial charge in [-0.25, -0.2) is 5.84 Å². The number of hydrogen-bond donors (Lipinski definition) is 2. The lowest BCUT2D eigenvalue weighted by Crippen LogP contribution is -2.31. The minimum Gasteiger partial charge on any atom is -0.294 e. The second-order valence-electron chi connectivity index (χ2n) is 2.94. The van der Waals surface area contributed by atoms with Crippen molar-refractivity contribution in [2.75, 3.05) is 0 Å². The van der Waals surface area contributed by atoms with E-state index in [9.17, 15) is 4.79 Å². The Balaban J connectivity index is 3.58. The molecule has 1 amide bonds. The predicted molar refractivity (Wildman–Crippen MR) is 53.8 cm³/mol. The molecule has 0 aromatic rings. The first kappa shape index (κ1) is 11.8. The lowest BCUT2D eigenvalue weighted by atomic mass is 10.3. The molecule has 0 aromatic carbocycles. The molecule has 0 fully saturated rings. The summed E-state index contributed by atoms with van der Waals surface area (Å²) in [5.74, 6) is 4.89. The highest BCUT2D eigenvalue weighted by Gasteiger charge is 2.10. The molecule has 0 radical (unpaired) electrons. The Kier molecular flexibility index (Phi) is 6.20. The summed E-state index contributed by atoms with van der Waals surface area (Å²) < 4.78 is 0. The van der Waals surface area contributed by atoms with Crippen molar-refractivity contribution in [2.24, 2.45) is 5.84 Å². The maximum atomic E-state index is 10.8. The van der Waals surface area contributed by atoms with E-state index in [0.29, 0.717) is 16.9 Å². The number of amides is 1. The molecular weight excluding hydrogens is 172 g/mol. The third kappa shape index (κ3) is 5.43. The average molecular weight is 190 g/mol. The van der Waals surface area contributed by atoms with Gasteiger partial charge in [-0.3, -0.25) is 10.2 Å². The lowest BCUT2D eigenvalue weighted by molar-refractivity contribution is -0.121. The van der Waals surface area contributed by atoms with E-state index in [1.165, 1.54) is 0 Å². The summed E-state index contributed by atoms with van der Waals surface area (Å²) in [4.78, 5) is 10.8. The highest BCUT2D eigenvalue weighted by molar-refractivity contribution is 8.00. The van der Waals surface area contributed by atoms with E-state index in [-0.39, 0.29) is 5.91 Å². The molecule has 0 saturated heterocycles. The molecule has 0 aliphatic heterocycles. The van der Waals surface area contributed by atoms with Crippen molar-refractivity contribution in [3.8, 4) is 0 Å². The second kappa shape index (κ2) is 6.31. The number of carbonyl (C=O) groups excluding carboxylic acids is 1. The summed E-state index contributed by atoms with van der Waals surface area (Å²) in [6.45, 7) is 6.36. The van der Waals surface area contributed by atoms with Crippen LogP contribution in [0.1, 0.15) is 33.6 Å². The third-order valence-electron chi connectivity index (χ3n) is 1.67. The molecule has 0 bridgehead atoms. The van der Waals surface area contributed by atoms with Crippen LogP contribution in [0.3, 0.4) is 0 Å². The Hall–Kier alpha value is -0.220. The molecule has 72 valence electrons. The largest absolute Gasteiger partial charge is 0.294 e. The number of hydrazine groups is 1. The van der Waals surface area contributed by atoms with Crippen molar-refractivity contribution < 1.29 is 4.79 Å². The number of rotatable bonds is 5. The number of carbonyl (C=O) groups is 1. The number of thioether (sulfide) groups is 1. The zero-order valence-electron chi connectivity index (χ0n) is 7.96. The fraction of sp³-hybridized carbons (Fsp3) is 0.875. The number of nitrogens with two attached hydrogens (primary N) is 1.